The smallest absolute Gasteiger partial charge is 0.419 e. The number of alkyl halides is 3. The number of amides is 2. The monoisotopic (exact) mass is 538 g/mol. The number of esters is 1. The van der Waals surface area contributed by atoms with Crippen LogP contribution in [0.2, 0.25) is 0 Å². The lowest BCUT2D eigenvalue weighted by molar-refractivity contribution is -0.139. The third-order valence-electron chi connectivity index (χ3n) is 5.62. The van der Waals surface area contributed by atoms with Gasteiger partial charge in [0.1, 0.15) is 23.2 Å². The highest BCUT2D eigenvalue weighted by molar-refractivity contribution is 6.01. The van der Waals surface area contributed by atoms with Gasteiger partial charge in [-0.25, -0.2) is 14.0 Å². The average Bonchev–Trinajstić information content (AvgIpc) is 2.93. The van der Waals surface area contributed by atoms with Crippen LogP contribution in [0.5, 0.6) is 5.75 Å². The second-order valence-electron chi connectivity index (χ2n) is 8.29. The molecule has 0 radical (unpaired) electrons. The number of carbonyl (C=O) groups excluding carboxylic acids is 2. The molecule has 0 saturated heterocycles. The second kappa shape index (κ2) is 11.7. The van der Waals surface area contributed by atoms with Gasteiger partial charge in [-0.3, -0.25) is 0 Å². The maximum atomic E-state index is 13.5. The molecule has 4 aromatic rings. The summed E-state index contributed by atoms with van der Waals surface area (Å²) in [5.74, 6) is -2.02. The molecule has 0 atom stereocenters. The lowest BCUT2D eigenvalue weighted by Crippen LogP contribution is -2.20. The topological polar surface area (TPSA) is 76.7 Å². The first-order valence-corrected chi connectivity index (χ1v) is 11.6. The average molecular weight is 538 g/mol. The van der Waals surface area contributed by atoms with Crippen molar-refractivity contribution in [2.45, 2.75) is 12.3 Å². The molecule has 10 heteroatoms. The van der Waals surface area contributed by atoms with Crippen LogP contribution < -0.4 is 15.4 Å². The summed E-state index contributed by atoms with van der Waals surface area (Å²) in [6, 6.07) is 24.1. The number of rotatable bonds is 7. The second-order valence-corrected chi connectivity index (χ2v) is 8.29. The highest BCUT2D eigenvalue weighted by Crippen LogP contribution is 2.34. The number of nitrogens with one attached hydrogen (secondary N) is 2. The van der Waals surface area contributed by atoms with E-state index in [1.165, 1.54) is 25.3 Å². The van der Waals surface area contributed by atoms with E-state index in [-0.39, 0.29) is 22.7 Å². The van der Waals surface area contributed by atoms with Gasteiger partial charge in [0.05, 0.1) is 12.7 Å². The predicted molar refractivity (Wildman–Crippen MR) is 137 cm³/mol. The minimum atomic E-state index is -4.93. The number of urea groups is 1. The molecule has 2 amide bonds. The summed E-state index contributed by atoms with van der Waals surface area (Å²) in [7, 11) is 1.19. The van der Waals surface area contributed by atoms with Crippen LogP contribution in [-0.2, 0) is 10.9 Å². The number of methoxy groups -OCH3 is 1. The highest BCUT2D eigenvalue weighted by atomic mass is 19.4. The molecule has 39 heavy (non-hydrogen) atoms. The van der Waals surface area contributed by atoms with Gasteiger partial charge in [-0.1, -0.05) is 60.7 Å². The molecular formula is C29H22F4N2O4. The molecule has 4 aromatic carbocycles. The third kappa shape index (κ3) is 6.72. The zero-order chi connectivity index (χ0) is 28.0. The molecule has 0 aliphatic carbocycles. The molecule has 2 N–H and O–H groups in total. The van der Waals surface area contributed by atoms with Gasteiger partial charge in [0.2, 0.25) is 0 Å². The van der Waals surface area contributed by atoms with Crippen LogP contribution in [0.3, 0.4) is 0 Å². The first-order chi connectivity index (χ1) is 18.7. The number of benzene rings is 4. The van der Waals surface area contributed by atoms with Gasteiger partial charge < -0.3 is 20.1 Å². The Morgan fingerprint density at radius 1 is 0.769 bits per heavy atom. The molecule has 0 aliphatic heterocycles. The summed E-state index contributed by atoms with van der Waals surface area (Å²) in [5.41, 5.74) is 0.0176. The summed E-state index contributed by atoms with van der Waals surface area (Å²) >= 11 is 0. The van der Waals surface area contributed by atoms with Crippen molar-refractivity contribution in [3.05, 3.63) is 125 Å². The number of hydrogen-bond acceptors (Lipinski definition) is 4. The molecule has 0 bridgehead atoms. The molecular weight excluding hydrogens is 516 g/mol. The maximum Gasteiger partial charge on any atom is 0.419 e. The highest BCUT2D eigenvalue weighted by Gasteiger charge is 2.34. The van der Waals surface area contributed by atoms with Crippen LogP contribution in [-0.4, -0.2) is 19.1 Å². The van der Waals surface area contributed by atoms with Crippen molar-refractivity contribution in [2.75, 3.05) is 17.7 Å². The van der Waals surface area contributed by atoms with Crippen LogP contribution in [0.1, 0.15) is 33.2 Å². The molecule has 6 nitrogen and oxygen atoms in total. The van der Waals surface area contributed by atoms with E-state index < -0.39 is 35.7 Å². The molecule has 0 spiro atoms. The third-order valence-corrected chi connectivity index (χ3v) is 5.62. The largest absolute Gasteiger partial charge is 0.480 e. The molecule has 0 aromatic heterocycles. The van der Waals surface area contributed by atoms with Crippen molar-refractivity contribution in [3.8, 4) is 5.75 Å². The van der Waals surface area contributed by atoms with Gasteiger partial charge in [0.25, 0.3) is 0 Å². The van der Waals surface area contributed by atoms with E-state index in [0.29, 0.717) is 12.1 Å². The Morgan fingerprint density at radius 3 is 1.85 bits per heavy atom. The first-order valence-electron chi connectivity index (χ1n) is 11.6. The Labute approximate surface area is 221 Å². The van der Waals surface area contributed by atoms with Crippen LogP contribution >= 0.6 is 0 Å². The van der Waals surface area contributed by atoms with Crippen LogP contribution in [0.25, 0.3) is 0 Å². The minimum Gasteiger partial charge on any atom is -0.480 e. The number of halogens is 4. The Kier molecular flexibility index (Phi) is 8.14. The fourth-order valence-electron chi connectivity index (χ4n) is 3.80. The van der Waals surface area contributed by atoms with E-state index >= 15 is 0 Å². The van der Waals surface area contributed by atoms with Gasteiger partial charge in [-0.15, -0.1) is 0 Å². The fourth-order valence-corrected chi connectivity index (χ4v) is 3.80. The molecule has 0 heterocycles. The Morgan fingerprint density at radius 2 is 1.31 bits per heavy atom. The van der Waals surface area contributed by atoms with Crippen molar-refractivity contribution in [1.82, 2.24) is 0 Å². The van der Waals surface area contributed by atoms with Crippen LogP contribution in [0.15, 0.2) is 97.1 Å². The van der Waals surface area contributed by atoms with Gasteiger partial charge in [0, 0.05) is 11.4 Å². The van der Waals surface area contributed by atoms with E-state index in [0.717, 1.165) is 17.2 Å². The summed E-state index contributed by atoms with van der Waals surface area (Å²) in [6.07, 6.45) is -5.50. The van der Waals surface area contributed by atoms with Crippen LogP contribution in [0, 0.1) is 5.82 Å². The van der Waals surface area contributed by atoms with E-state index in [1.54, 1.807) is 0 Å². The summed E-state index contributed by atoms with van der Waals surface area (Å²) in [6.45, 7) is 0. The molecule has 200 valence electrons. The maximum absolute atomic E-state index is 13.5. The number of ether oxygens (including phenoxy) is 2. The number of hydrogen-bond donors (Lipinski definition) is 2. The van der Waals surface area contributed by atoms with E-state index in [2.05, 4.69) is 10.6 Å². The zero-order valence-corrected chi connectivity index (χ0v) is 20.5. The Balaban J connectivity index is 1.59. The number of anilines is 2. The first kappa shape index (κ1) is 27.2. The summed E-state index contributed by atoms with van der Waals surface area (Å²) in [4.78, 5) is 25.1. The fraction of sp³-hybridized carbons (Fsp3) is 0.103. The van der Waals surface area contributed by atoms with Gasteiger partial charge in [-0.2, -0.15) is 13.2 Å². The summed E-state index contributed by atoms with van der Waals surface area (Å²) in [5, 5.41) is 4.66. The lowest BCUT2D eigenvalue weighted by Gasteiger charge is -2.22. The van der Waals surface area contributed by atoms with Gasteiger partial charge in [-0.05, 0) is 47.5 Å². The number of carbonyl (C=O) groups is 2. The zero-order valence-electron chi connectivity index (χ0n) is 20.5. The van der Waals surface area contributed by atoms with Crippen molar-refractivity contribution in [1.29, 1.82) is 0 Å². The van der Waals surface area contributed by atoms with E-state index in [9.17, 15) is 27.2 Å². The molecule has 0 fully saturated rings. The van der Waals surface area contributed by atoms with Crippen molar-refractivity contribution >= 4 is 23.4 Å². The van der Waals surface area contributed by atoms with Gasteiger partial charge >= 0.3 is 18.2 Å². The standard InChI is InChI=1S/C29H22F4N2O4/c1-38-27(36)22-16-20(34-28(37)35-21-12-14-24(30)23(17-21)29(31,32)33)13-15-25(22)39-26(18-8-4-2-5-9-18)19-10-6-3-7-11-19/h2-17,26H,1H3,(H2,34,35,37). The lowest BCUT2D eigenvalue weighted by atomic mass is 10.0. The van der Waals surface area contributed by atoms with Crippen molar-refractivity contribution < 1.29 is 36.6 Å². The summed E-state index contributed by atoms with van der Waals surface area (Å²) < 4.78 is 63.7. The molecule has 0 unspecified atom stereocenters. The van der Waals surface area contributed by atoms with Crippen molar-refractivity contribution in [3.63, 3.8) is 0 Å². The van der Waals surface area contributed by atoms with Gasteiger partial charge in [0.15, 0.2) is 0 Å². The normalized spacial score (nSPS) is 11.1. The minimum absolute atomic E-state index is 0.00769. The van der Waals surface area contributed by atoms with Crippen LogP contribution in [0.4, 0.5) is 33.7 Å². The van der Waals surface area contributed by atoms with E-state index in [1.807, 2.05) is 60.7 Å². The SMILES string of the molecule is COC(=O)c1cc(NC(=O)Nc2ccc(F)c(C(F)(F)F)c2)ccc1OC(c1ccccc1)c1ccccc1. The molecule has 4 rings (SSSR count). The Hall–Kier alpha value is -4.86. The quantitative estimate of drug-likeness (QED) is 0.189. The Bertz CT molecular complexity index is 1420. The van der Waals surface area contributed by atoms with Crippen molar-refractivity contribution in [2.24, 2.45) is 0 Å². The van der Waals surface area contributed by atoms with E-state index in [4.69, 9.17) is 9.47 Å². The predicted octanol–water partition coefficient (Wildman–Crippen LogP) is 7.44. The molecule has 0 saturated carbocycles. The molecule has 0 aliphatic rings.